The van der Waals surface area contributed by atoms with Crippen LogP contribution in [0.3, 0.4) is 0 Å². The quantitative estimate of drug-likeness (QED) is 0.127. The Kier molecular flexibility index (Phi) is 10.3. The fourth-order valence-corrected chi connectivity index (χ4v) is 5.34. The number of ether oxygens (including phenoxy) is 1. The molecule has 0 spiro atoms. The zero-order valence-electron chi connectivity index (χ0n) is 24.7. The van der Waals surface area contributed by atoms with Crippen molar-refractivity contribution in [3.63, 3.8) is 0 Å². The average molecular weight is 538 g/mol. The lowest BCUT2D eigenvalue weighted by atomic mass is 10.0. The summed E-state index contributed by atoms with van der Waals surface area (Å²) in [5, 5.41) is 0. The number of rotatable bonds is 13. The molecule has 5 nitrogen and oxygen atoms in total. The molecule has 0 aliphatic heterocycles. The highest BCUT2D eigenvalue weighted by Crippen LogP contribution is 2.32. The fraction of sp³-hybridized carbons (Fsp3) is 0.371. The van der Waals surface area contributed by atoms with E-state index in [1.165, 1.54) is 18.2 Å². The molecule has 1 aromatic heterocycles. The molecule has 40 heavy (non-hydrogen) atoms. The molecule has 0 bridgehead atoms. The Balaban J connectivity index is 1.77. The van der Waals surface area contributed by atoms with Crippen LogP contribution in [0, 0.1) is 13.8 Å². The van der Waals surface area contributed by atoms with Gasteiger partial charge in [0, 0.05) is 37.7 Å². The third-order valence-corrected chi connectivity index (χ3v) is 7.26. The molecule has 1 heterocycles. The Hall–Kier alpha value is -3.70. The first-order valence-corrected chi connectivity index (χ1v) is 14.6. The van der Waals surface area contributed by atoms with Crippen molar-refractivity contribution in [1.82, 2.24) is 14.5 Å². The Morgan fingerprint density at radius 2 is 1.45 bits per heavy atom. The van der Waals surface area contributed by atoms with E-state index in [-0.39, 0.29) is 5.97 Å². The van der Waals surface area contributed by atoms with E-state index in [0.29, 0.717) is 5.75 Å². The highest BCUT2D eigenvalue weighted by atomic mass is 16.5. The molecule has 0 N–H and O–H groups in total. The highest BCUT2D eigenvalue weighted by molar-refractivity contribution is 5.70. The molecule has 0 radical (unpaired) electrons. The molecule has 0 amide bonds. The predicted octanol–water partition coefficient (Wildman–Crippen LogP) is 8.36. The smallest absolute Gasteiger partial charge is 0.308 e. The fourth-order valence-electron chi connectivity index (χ4n) is 5.34. The molecule has 0 atom stereocenters. The van der Waals surface area contributed by atoms with Crippen molar-refractivity contribution < 1.29 is 9.53 Å². The van der Waals surface area contributed by atoms with Crippen LogP contribution >= 0.6 is 0 Å². The number of esters is 1. The normalized spacial score (nSPS) is 11.2. The first kappa shape index (κ1) is 29.3. The van der Waals surface area contributed by atoms with Crippen LogP contribution in [0.4, 0.5) is 0 Å². The maximum atomic E-state index is 11.6. The van der Waals surface area contributed by atoms with Crippen molar-refractivity contribution in [2.45, 2.75) is 79.9 Å². The maximum Gasteiger partial charge on any atom is 0.308 e. The Morgan fingerprint density at radius 3 is 2.02 bits per heavy atom. The molecule has 0 saturated heterocycles. The van der Waals surface area contributed by atoms with E-state index >= 15 is 0 Å². The van der Waals surface area contributed by atoms with Gasteiger partial charge < -0.3 is 9.30 Å². The summed E-state index contributed by atoms with van der Waals surface area (Å²) >= 11 is 0. The lowest BCUT2D eigenvalue weighted by molar-refractivity contribution is -0.131. The third-order valence-electron chi connectivity index (χ3n) is 7.26. The van der Waals surface area contributed by atoms with Gasteiger partial charge in [-0.15, -0.1) is 0 Å². The summed E-state index contributed by atoms with van der Waals surface area (Å²) < 4.78 is 7.95. The molecule has 5 heteroatoms. The summed E-state index contributed by atoms with van der Waals surface area (Å²) in [5.41, 5.74) is 7.84. The van der Waals surface area contributed by atoms with E-state index in [0.717, 1.165) is 85.6 Å². The van der Waals surface area contributed by atoms with Crippen molar-refractivity contribution >= 4 is 5.97 Å². The van der Waals surface area contributed by atoms with Gasteiger partial charge in [0.15, 0.2) is 0 Å². The molecule has 0 aliphatic rings. The summed E-state index contributed by atoms with van der Waals surface area (Å²) in [6, 6.07) is 25.5. The van der Waals surface area contributed by atoms with Crippen molar-refractivity contribution in [1.29, 1.82) is 0 Å². The van der Waals surface area contributed by atoms with E-state index in [1.807, 2.05) is 13.8 Å². The van der Waals surface area contributed by atoms with Crippen LogP contribution in [0.25, 0.3) is 22.6 Å². The number of carbonyl (C=O) groups is 1. The van der Waals surface area contributed by atoms with Crippen LogP contribution < -0.4 is 4.74 Å². The minimum Gasteiger partial charge on any atom is -0.426 e. The van der Waals surface area contributed by atoms with Gasteiger partial charge in [0.25, 0.3) is 0 Å². The van der Waals surface area contributed by atoms with Gasteiger partial charge in [0.2, 0.25) is 0 Å². The highest BCUT2D eigenvalue weighted by Gasteiger charge is 2.22. The number of aryl methyl sites for hydroxylation is 2. The van der Waals surface area contributed by atoms with Crippen LogP contribution in [-0.4, -0.2) is 27.0 Å². The number of carbonyl (C=O) groups excluding carboxylic acids is 1. The monoisotopic (exact) mass is 537 g/mol. The number of aromatic nitrogens is 2. The van der Waals surface area contributed by atoms with Crippen LogP contribution in [0.2, 0.25) is 0 Å². The topological polar surface area (TPSA) is 47.4 Å². The Bertz CT molecular complexity index is 1370. The summed E-state index contributed by atoms with van der Waals surface area (Å²) in [7, 11) is 0. The molecule has 0 fully saturated rings. The first-order valence-electron chi connectivity index (χ1n) is 14.6. The van der Waals surface area contributed by atoms with Crippen LogP contribution in [-0.2, 0) is 24.4 Å². The van der Waals surface area contributed by atoms with Crippen LogP contribution in [0.1, 0.15) is 68.8 Å². The number of hydrogen-bond acceptors (Lipinski definition) is 4. The number of imidazole rings is 1. The van der Waals surface area contributed by atoms with Gasteiger partial charge in [-0.1, -0.05) is 99.5 Å². The first-order chi connectivity index (χ1) is 19.4. The maximum absolute atomic E-state index is 11.6. The largest absolute Gasteiger partial charge is 0.426 e. The van der Waals surface area contributed by atoms with E-state index in [1.54, 1.807) is 0 Å². The summed E-state index contributed by atoms with van der Waals surface area (Å²) in [6.07, 6.45) is 4.48. The van der Waals surface area contributed by atoms with Gasteiger partial charge in [-0.2, -0.15) is 0 Å². The zero-order chi connectivity index (χ0) is 28.5. The van der Waals surface area contributed by atoms with E-state index in [2.05, 4.69) is 96.1 Å². The van der Waals surface area contributed by atoms with Crippen LogP contribution in [0.5, 0.6) is 5.75 Å². The van der Waals surface area contributed by atoms with Gasteiger partial charge in [-0.25, -0.2) is 4.98 Å². The molecule has 210 valence electrons. The van der Waals surface area contributed by atoms with E-state index < -0.39 is 0 Å². The van der Waals surface area contributed by atoms with Crippen molar-refractivity contribution in [2.75, 3.05) is 6.54 Å². The predicted molar refractivity (Wildman–Crippen MR) is 164 cm³/mol. The van der Waals surface area contributed by atoms with Gasteiger partial charge >= 0.3 is 5.97 Å². The molecule has 0 aliphatic carbocycles. The minimum absolute atomic E-state index is 0.286. The summed E-state index contributed by atoms with van der Waals surface area (Å²) in [6.45, 7) is 13.5. The molecular formula is C35H43N3O2. The van der Waals surface area contributed by atoms with Crippen molar-refractivity contribution in [2.24, 2.45) is 0 Å². The standard InChI is InChI=1S/C35H43N3O2/c1-6-8-20-37(24-29-22-26(3)34(27(4)23-29)40-28(5)39)25-32-33(30-16-12-10-13-17-30)36-35(38(32)21-9-7-2)31-18-14-11-15-19-31/h10-19,22-23H,6-9,20-21,24-25H2,1-5H3. The molecular weight excluding hydrogens is 494 g/mol. The lowest BCUT2D eigenvalue weighted by Crippen LogP contribution is -2.26. The van der Waals surface area contributed by atoms with E-state index in [9.17, 15) is 4.79 Å². The summed E-state index contributed by atoms with van der Waals surface area (Å²) in [5.74, 6) is 1.43. The second-order valence-corrected chi connectivity index (χ2v) is 10.7. The van der Waals surface area contributed by atoms with E-state index in [4.69, 9.17) is 9.72 Å². The van der Waals surface area contributed by atoms with Gasteiger partial charge in [-0.05, 0) is 49.9 Å². The second kappa shape index (κ2) is 14.1. The van der Waals surface area contributed by atoms with Gasteiger partial charge in [-0.3, -0.25) is 9.69 Å². The third kappa shape index (κ3) is 7.28. The SMILES string of the molecule is CCCCN(Cc1cc(C)c(OC(C)=O)c(C)c1)Cc1c(-c2ccccc2)nc(-c2ccccc2)n1CCCC. The number of benzene rings is 3. The van der Waals surface area contributed by atoms with Gasteiger partial charge in [0.1, 0.15) is 11.6 Å². The molecule has 4 aromatic rings. The minimum atomic E-state index is -0.286. The molecule has 0 saturated carbocycles. The second-order valence-electron chi connectivity index (χ2n) is 10.7. The number of hydrogen-bond donors (Lipinski definition) is 0. The average Bonchev–Trinajstić information content (AvgIpc) is 3.31. The molecule has 4 rings (SSSR count). The van der Waals surface area contributed by atoms with Crippen molar-refractivity contribution in [3.05, 3.63) is 95.2 Å². The Morgan fingerprint density at radius 1 is 0.850 bits per heavy atom. The van der Waals surface area contributed by atoms with Gasteiger partial charge in [0.05, 0.1) is 11.4 Å². The lowest BCUT2D eigenvalue weighted by Gasteiger charge is -2.25. The number of unbranched alkanes of at least 4 members (excludes halogenated alkanes) is 2. The number of nitrogens with zero attached hydrogens (tertiary/aromatic N) is 3. The Labute approximate surface area is 239 Å². The molecule has 0 unspecified atom stereocenters. The molecule has 3 aromatic carbocycles. The van der Waals surface area contributed by atoms with Crippen molar-refractivity contribution in [3.8, 4) is 28.4 Å². The summed E-state index contributed by atoms with van der Waals surface area (Å²) in [4.78, 5) is 19.5. The van der Waals surface area contributed by atoms with Crippen LogP contribution in [0.15, 0.2) is 72.8 Å². The zero-order valence-corrected chi connectivity index (χ0v) is 24.7.